The highest BCUT2D eigenvalue weighted by Crippen LogP contribution is 2.37. The van der Waals surface area contributed by atoms with Gasteiger partial charge in [-0.2, -0.15) is 4.68 Å². The third-order valence-corrected chi connectivity index (χ3v) is 6.95. The zero-order chi connectivity index (χ0) is 23.6. The first-order valence-corrected chi connectivity index (χ1v) is 12.0. The van der Waals surface area contributed by atoms with E-state index in [4.69, 9.17) is 0 Å². The second-order valence-electron chi connectivity index (χ2n) is 8.62. The van der Waals surface area contributed by atoms with Crippen molar-refractivity contribution in [3.8, 4) is 0 Å². The van der Waals surface area contributed by atoms with E-state index in [1.54, 1.807) is 25.3 Å². The number of carbonyl (C=O) groups excluding carboxylic acids is 1. The largest absolute Gasteiger partial charge is 0.311 e. The summed E-state index contributed by atoms with van der Waals surface area (Å²) in [6.07, 6.45) is 5.42. The van der Waals surface area contributed by atoms with Gasteiger partial charge in [0, 0.05) is 15.7 Å². The zero-order valence-electron chi connectivity index (χ0n) is 18.7. The van der Waals surface area contributed by atoms with Crippen LogP contribution in [0.15, 0.2) is 76.1 Å². The van der Waals surface area contributed by atoms with Crippen LogP contribution in [0.3, 0.4) is 0 Å². The lowest BCUT2D eigenvalue weighted by Gasteiger charge is -2.23. The van der Waals surface area contributed by atoms with Crippen molar-refractivity contribution < 1.29 is 4.79 Å². The lowest BCUT2D eigenvalue weighted by Crippen LogP contribution is -2.44. The van der Waals surface area contributed by atoms with Gasteiger partial charge in [-0.1, -0.05) is 52.3 Å². The Morgan fingerprint density at radius 3 is 2.59 bits per heavy atom. The van der Waals surface area contributed by atoms with E-state index in [9.17, 15) is 9.59 Å². The molecule has 4 aromatic rings. The molecule has 1 aliphatic carbocycles. The Balaban J connectivity index is 1.69. The van der Waals surface area contributed by atoms with Gasteiger partial charge in [-0.05, 0) is 56.5 Å². The average Bonchev–Trinajstić information content (AvgIpc) is 3.10. The summed E-state index contributed by atoms with van der Waals surface area (Å²) in [7, 11) is 0. The number of rotatable bonds is 2. The van der Waals surface area contributed by atoms with Crippen LogP contribution in [-0.2, 0) is 11.2 Å². The summed E-state index contributed by atoms with van der Waals surface area (Å²) in [6.45, 7) is 3.81. The second kappa shape index (κ2) is 7.67. The molecule has 34 heavy (non-hydrogen) atoms. The number of amides is 1. The highest BCUT2D eigenvalue weighted by molar-refractivity contribution is 9.10. The number of carbonyl (C=O) groups is 1. The van der Waals surface area contributed by atoms with Crippen LogP contribution in [0.2, 0.25) is 0 Å². The maximum Gasteiger partial charge on any atom is 0.280 e. The number of halogens is 1. The Morgan fingerprint density at radius 1 is 1.00 bits per heavy atom. The van der Waals surface area contributed by atoms with Gasteiger partial charge in [-0.15, -0.1) is 0 Å². The van der Waals surface area contributed by atoms with E-state index < -0.39 is 0 Å². The van der Waals surface area contributed by atoms with Crippen LogP contribution in [-0.4, -0.2) is 20.1 Å². The van der Waals surface area contributed by atoms with Crippen LogP contribution in [0.25, 0.3) is 22.2 Å². The van der Waals surface area contributed by atoms with Crippen LogP contribution in [0.1, 0.15) is 34.8 Å². The topological polar surface area (TPSA) is 60.1 Å². The Labute approximate surface area is 204 Å². The molecule has 0 saturated carbocycles. The van der Waals surface area contributed by atoms with E-state index in [-0.39, 0.29) is 11.5 Å². The van der Waals surface area contributed by atoms with E-state index in [2.05, 4.69) is 38.5 Å². The molecule has 7 heteroatoms. The fraction of sp³-hybridized carbons (Fsp3) is 0.148. The van der Waals surface area contributed by atoms with Crippen molar-refractivity contribution in [2.24, 2.45) is 0 Å². The lowest BCUT2D eigenvalue weighted by molar-refractivity contribution is -0.114. The van der Waals surface area contributed by atoms with Crippen molar-refractivity contribution in [1.29, 1.82) is 0 Å². The predicted octanol–water partition coefficient (Wildman–Crippen LogP) is 4.93. The molecule has 0 unspecified atom stereocenters. The molecule has 2 aliphatic rings. The van der Waals surface area contributed by atoms with Gasteiger partial charge in [-0.25, -0.2) is 9.99 Å². The minimum Gasteiger partial charge on any atom is -0.311 e. The summed E-state index contributed by atoms with van der Waals surface area (Å²) >= 11 is 3.45. The van der Waals surface area contributed by atoms with E-state index in [1.807, 2.05) is 42.5 Å². The molecule has 2 aromatic carbocycles. The molecule has 0 bridgehead atoms. The van der Waals surface area contributed by atoms with Crippen LogP contribution in [0.4, 0.5) is 0 Å². The molecule has 2 aromatic heterocycles. The van der Waals surface area contributed by atoms with Crippen LogP contribution >= 0.6 is 15.9 Å². The van der Waals surface area contributed by atoms with Crippen LogP contribution in [0.5, 0.6) is 0 Å². The molecule has 0 spiro atoms. The fourth-order valence-electron chi connectivity index (χ4n) is 4.99. The zero-order valence-corrected chi connectivity index (χ0v) is 20.3. The molecule has 168 valence electrons. The Bertz CT molecular complexity index is 1630. The minimum atomic E-state index is -0.291. The Morgan fingerprint density at radius 2 is 1.79 bits per heavy atom. The number of nitrogens with zero attached hydrogens (tertiary/aromatic N) is 4. The Hall–Kier alpha value is -3.71. The molecule has 0 fully saturated rings. The number of fused-ring (bicyclic) bond motifs is 1. The summed E-state index contributed by atoms with van der Waals surface area (Å²) < 4.78 is 4.30. The summed E-state index contributed by atoms with van der Waals surface area (Å²) in [5.41, 5.74) is 5.81. The first-order valence-electron chi connectivity index (χ1n) is 11.2. The molecule has 1 amide bonds. The van der Waals surface area contributed by atoms with Gasteiger partial charge in [0.2, 0.25) is 0 Å². The molecule has 0 N–H and O–H groups in total. The maximum absolute atomic E-state index is 14.0. The maximum atomic E-state index is 14.0. The van der Waals surface area contributed by atoms with E-state index in [1.165, 1.54) is 9.69 Å². The smallest absolute Gasteiger partial charge is 0.280 e. The number of hydrogen-bond donors (Lipinski definition) is 0. The van der Waals surface area contributed by atoms with Gasteiger partial charge in [0.05, 0.1) is 34.1 Å². The number of hydrogen-bond acceptors (Lipinski definition) is 3. The summed E-state index contributed by atoms with van der Waals surface area (Å²) in [5.74, 6) is 0.198. The lowest BCUT2D eigenvalue weighted by atomic mass is 9.96. The quantitative estimate of drug-likeness (QED) is 0.382. The van der Waals surface area contributed by atoms with Crippen LogP contribution in [0, 0.1) is 13.8 Å². The molecule has 3 heterocycles. The van der Waals surface area contributed by atoms with Crippen molar-refractivity contribution in [3.63, 3.8) is 0 Å². The first-order chi connectivity index (χ1) is 16.4. The molecule has 6 nitrogen and oxygen atoms in total. The number of aromatic nitrogens is 3. The van der Waals surface area contributed by atoms with Crippen molar-refractivity contribution >= 4 is 44.0 Å². The third-order valence-electron chi connectivity index (χ3n) is 6.46. The van der Waals surface area contributed by atoms with Crippen LogP contribution < -0.4 is 10.6 Å². The van der Waals surface area contributed by atoms with Gasteiger partial charge in [0.15, 0.2) is 0 Å². The van der Waals surface area contributed by atoms with Gasteiger partial charge in [-0.3, -0.25) is 9.59 Å². The Kier molecular flexibility index (Phi) is 4.71. The van der Waals surface area contributed by atoms with Crippen molar-refractivity contribution in [1.82, 2.24) is 14.2 Å². The van der Waals surface area contributed by atoms with Crippen molar-refractivity contribution in [3.05, 3.63) is 110 Å². The number of aryl methyl sites for hydroxylation is 3. The predicted molar refractivity (Wildman–Crippen MR) is 137 cm³/mol. The third kappa shape index (κ3) is 3.04. The highest BCUT2D eigenvalue weighted by Gasteiger charge is 2.33. The summed E-state index contributed by atoms with van der Waals surface area (Å²) in [6, 6.07) is 17.5. The fourth-order valence-corrected chi connectivity index (χ4v) is 5.35. The summed E-state index contributed by atoms with van der Waals surface area (Å²) in [4.78, 5) is 32.4. The molecule has 0 atom stereocenters. The normalized spacial score (nSPS) is 15.1. The second-order valence-corrected chi connectivity index (χ2v) is 9.53. The number of benzene rings is 2. The summed E-state index contributed by atoms with van der Waals surface area (Å²) in [5, 5.41) is 1.88. The molecule has 6 rings (SSSR count). The standard InChI is InChI=1S/C27H21BrN4O2/c1-16-13-19-9-6-10-21-25(19)31(16)24(18-7-4-3-5-8-18)15-30(26(21)33)32-17(2)29-23-12-11-20(28)14-22(23)27(32)34/h3-5,7-8,10-15H,6,9H2,1-2H3. The van der Waals surface area contributed by atoms with Crippen molar-refractivity contribution in [2.45, 2.75) is 26.7 Å². The van der Waals surface area contributed by atoms with E-state index in [0.717, 1.165) is 45.5 Å². The molecular weight excluding hydrogens is 492 g/mol. The molecule has 1 aliphatic heterocycles. The molecular formula is C27H21BrN4O2. The monoisotopic (exact) mass is 512 g/mol. The van der Waals surface area contributed by atoms with Gasteiger partial charge in [0.25, 0.3) is 11.5 Å². The van der Waals surface area contributed by atoms with Crippen molar-refractivity contribution in [2.75, 3.05) is 5.01 Å². The highest BCUT2D eigenvalue weighted by atomic mass is 79.9. The molecule has 0 radical (unpaired) electrons. The van der Waals surface area contributed by atoms with Gasteiger partial charge in [0.1, 0.15) is 5.82 Å². The van der Waals surface area contributed by atoms with Gasteiger partial charge < -0.3 is 4.57 Å². The SMILES string of the molecule is Cc1cc2c3n1C(c1ccccc1)=CN(n1c(C)nc4ccc(Br)cc4c1=O)C(=O)C3=CCC2. The average molecular weight is 513 g/mol. The number of allylic oxidation sites excluding steroid dienone is 1. The van der Waals surface area contributed by atoms with E-state index in [0.29, 0.717) is 22.3 Å². The first kappa shape index (κ1) is 20.9. The molecule has 0 saturated heterocycles. The minimum absolute atomic E-state index is 0.243. The van der Waals surface area contributed by atoms with E-state index >= 15 is 0 Å². The van der Waals surface area contributed by atoms with Gasteiger partial charge >= 0.3 is 0 Å².